The number of halogens is 5. The Morgan fingerprint density at radius 3 is 2.68 bits per heavy atom. The molecule has 2 fully saturated rings. The molecule has 14 heteroatoms. The number of aryl methyl sites for hydroxylation is 1. The Hall–Kier alpha value is -3.52. The number of nitrogens with one attached hydrogen (secondary N) is 2. The monoisotopic (exact) mass is 591 g/mol. The quantitative estimate of drug-likeness (QED) is 0.283. The molecule has 0 unspecified atom stereocenters. The summed E-state index contributed by atoms with van der Waals surface area (Å²) >= 11 is 6.51. The van der Waals surface area contributed by atoms with E-state index in [4.69, 9.17) is 25.8 Å². The first-order valence-electron chi connectivity index (χ1n) is 12.9. The van der Waals surface area contributed by atoms with Crippen molar-refractivity contribution in [3.63, 3.8) is 0 Å². The van der Waals surface area contributed by atoms with Crippen LogP contribution in [0.3, 0.4) is 0 Å². The summed E-state index contributed by atoms with van der Waals surface area (Å²) in [4.78, 5) is 15.4. The van der Waals surface area contributed by atoms with Gasteiger partial charge in [0, 0.05) is 17.3 Å². The molecule has 5 atom stereocenters. The van der Waals surface area contributed by atoms with Crippen LogP contribution in [0, 0.1) is 5.82 Å². The van der Waals surface area contributed by atoms with E-state index < -0.39 is 48.1 Å². The Kier molecular flexibility index (Phi) is 6.30. The third-order valence-electron chi connectivity index (χ3n) is 7.61. The number of ether oxygens (including phenoxy) is 3. The van der Waals surface area contributed by atoms with Gasteiger partial charge in [0.1, 0.15) is 35.6 Å². The summed E-state index contributed by atoms with van der Waals surface area (Å²) in [5.41, 5.74) is 1.88. The average Bonchev–Trinajstić information content (AvgIpc) is 3.70. The first kappa shape index (κ1) is 26.4. The van der Waals surface area contributed by atoms with Crippen LogP contribution in [0.2, 0.25) is 5.02 Å². The highest BCUT2D eigenvalue weighted by Crippen LogP contribution is 2.40. The number of alkyl halides is 3. The van der Waals surface area contributed by atoms with Crippen molar-refractivity contribution in [1.29, 1.82) is 0 Å². The van der Waals surface area contributed by atoms with Crippen molar-refractivity contribution in [1.82, 2.24) is 19.9 Å². The SMILES string of the molecule is O[C@@H]1CO[C@H]2[C@@H]1OC[C@H]2Oc1nc2nc(N[C@H]3CCc4cc(-c5ccc(C(F)(F)F)nc5)cc(F)c43)c(Cl)cc2[nH]1. The van der Waals surface area contributed by atoms with Crippen molar-refractivity contribution in [2.75, 3.05) is 18.5 Å². The van der Waals surface area contributed by atoms with Crippen LogP contribution in [-0.2, 0) is 22.1 Å². The minimum Gasteiger partial charge on any atom is -0.456 e. The Labute approximate surface area is 234 Å². The van der Waals surface area contributed by atoms with Crippen molar-refractivity contribution in [3.05, 3.63) is 64.2 Å². The molecule has 214 valence electrons. The van der Waals surface area contributed by atoms with Gasteiger partial charge in [0.2, 0.25) is 0 Å². The second kappa shape index (κ2) is 9.79. The lowest BCUT2D eigenvalue weighted by atomic mass is 9.99. The maximum Gasteiger partial charge on any atom is 0.433 e. The van der Waals surface area contributed by atoms with Crippen LogP contribution >= 0.6 is 11.6 Å². The van der Waals surface area contributed by atoms with E-state index in [9.17, 15) is 18.3 Å². The highest BCUT2D eigenvalue weighted by molar-refractivity contribution is 6.33. The van der Waals surface area contributed by atoms with E-state index in [2.05, 4.69) is 25.3 Å². The van der Waals surface area contributed by atoms with Gasteiger partial charge in [-0.05, 0) is 42.2 Å². The molecule has 9 nitrogen and oxygen atoms in total. The number of aliphatic hydroxyl groups excluding tert-OH is 1. The predicted molar refractivity (Wildman–Crippen MR) is 138 cm³/mol. The molecule has 3 aromatic heterocycles. The van der Waals surface area contributed by atoms with Crippen LogP contribution in [-0.4, -0.2) is 62.7 Å². The molecule has 3 N–H and O–H groups in total. The lowest BCUT2D eigenvalue weighted by Gasteiger charge is -2.17. The second-order valence-corrected chi connectivity index (χ2v) is 10.7. The molecule has 0 bridgehead atoms. The normalized spacial score (nSPS) is 25.5. The van der Waals surface area contributed by atoms with Crippen LogP contribution in [0.15, 0.2) is 36.5 Å². The number of hydrogen-bond acceptors (Lipinski definition) is 8. The number of hydrogen-bond donors (Lipinski definition) is 3. The van der Waals surface area contributed by atoms with E-state index in [1.54, 1.807) is 12.1 Å². The van der Waals surface area contributed by atoms with Gasteiger partial charge < -0.3 is 29.6 Å². The van der Waals surface area contributed by atoms with Gasteiger partial charge in [-0.25, -0.2) is 9.37 Å². The number of fused-ring (bicyclic) bond motifs is 3. The van der Waals surface area contributed by atoms with E-state index in [0.717, 1.165) is 17.8 Å². The Morgan fingerprint density at radius 1 is 1.07 bits per heavy atom. The Balaban J connectivity index is 1.10. The molecule has 4 aromatic rings. The van der Waals surface area contributed by atoms with E-state index in [0.29, 0.717) is 51.5 Å². The van der Waals surface area contributed by atoms with Gasteiger partial charge in [-0.1, -0.05) is 23.7 Å². The van der Waals surface area contributed by atoms with Crippen LogP contribution < -0.4 is 10.1 Å². The molecule has 2 saturated heterocycles. The molecule has 5 heterocycles. The lowest BCUT2D eigenvalue weighted by Crippen LogP contribution is -2.34. The number of aromatic amines is 1. The molecular formula is C27H22ClF4N5O4. The van der Waals surface area contributed by atoms with E-state index in [1.807, 2.05) is 0 Å². The van der Waals surface area contributed by atoms with E-state index in [-0.39, 0.29) is 19.2 Å². The maximum absolute atomic E-state index is 15.4. The fourth-order valence-electron chi connectivity index (χ4n) is 5.67. The third-order valence-corrected chi connectivity index (χ3v) is 7.90. The zero-order valence-electron chi connectivity index (χ0n) is 21.1. The summed E-state index contributed by atoms with van der Waals surface area (Å²) in [6.45, 7) is 0.425. The standard InChI is InChI=1S/C27H22ClF4N5O4/c28-14-7-17-25(37-26(35-17)41-19-10-40-22-18(38)9-39-23(19)22)36-24(14)34-16-3-1-11-5-13(6-15(29)21(11)16)12-2-4-20(33-8-12)27(30,31)32/h2,4-8,16,18-19,22-23,38H,1,3,9-10H2,(H2,34,35,36,37)/t16-,18+,19+,22+,23+/m0/s1. The number of aliphatic hydroxyl groups is 1. The zero-order valence-corrected chi connectivity index (χ0v) is 21.8. The molecule has 0 amide bonds. The van der Waals surface area contributed by atoms with Gasteiger partial charge in [-0.15, -0.1) is 0 Å². The second-order valence-electron chi connectivity index (χ2n) is 10.2. The van der Waals surface area contributed by atoms with Gasteiger partial charge in [0.25, 0.3) is 6.01 Å². The fourth-order valence-corrected chi connectivity index (χ4v) is 5.87. The summed E-state index contributed by atoms with van der Waals surface area (Å²) in [6, 6.07) is 6.63. The Morgan fingerprint density at radius 2 is 1.90 bits per heavy atom. The third kappa shape index (κ3) is 4.76. The highest BCUT2D eigenvalue weighted by Gasteiger charge is 2.48. The minimum atomic E-state index is -4.55. The molecule has 2 aliphatic heterocycles. The molecule has 0 spiro atoms. The summed E-state index contributed by atoms with van der Waals surface area (Å²) < 4.78 is 71.1. The number of H-pyrrole nitrogens is 1. The molecule has 0 radical (unpaired) electrons. The molecule has 7 rings (SSSR count). The van der Waals surface area contributed by atoms with Crippen LogP contribution in [0.5, 0.6) is 6.01 Å². The van der Waals surface area contributed by atoms with Crippen LogP contribution in [0.4, 0.5) is 23.4 Å². The zero-order chi connectivity index (χ0) is 28.5. The smallest absolute Gasteiger partial charge is 0.433 e. The number of benzene rings is 1. The van der Waals surface area contributed by atoms with Crippen molar-refractivity contribution in [3.8, 4) is 17.1 Å². The number of anilines is 1. The summed E-state index contributed by atoms with van der Waals surface area (Å²) in [6.07, 6.45) is -4.34. The highest BCUT2D eigenvalue weighted by atomic mass is 35.5. The summed E-state index contributed by atoms with van der Waals surface area (Å²) in [5, 5.41) is 13.4. The number of nitrogens with zero attached hydrogens (tertiary/aromatic N) is 3. The lowest BCUT2D eigenvalue weighted by molar-refractivity contribution is -0.141. The van der Waals surface area contributed by atoms with Gasteiger partial charge in [0.15, 0.2) is 11.8 Å². The first-order valence-corrected chi connectivity index (χ1v) is 13.3. The fraction of sp³-hybridized carbons (Fsp3) is 0.370. The first-order chi connectivity index (χ1) is 19.6. The number of imidazole rings is 1. The largest absolute Gasteiger partial charge is 0.456 e. The van der Waals surface area contributed by atoms with Gasteiger partial charge in [-0.2, -0.15) is 18.2 Å². The van der Waals surface area contributed by atoms with Gasteiger partial charge in [-0.3, -0.25) is 4.98 Å². The van der Waals surface area contributed by atoms with E-state index >= 15 is 4.39 Å². The molecule has 41 heavy (non-hydrogen) atoms. The van der Waals surface area contributed by atoms with Crippen LogP contribution in [0.25, 0.3) is 22.3 Å². The van der Waals surface area contributed by atoms with Crippen molar-refractivity contribution in [2.45, 2.75) is 49.5 Å². The molecule has 0 saturated carbocycles. The maximum atomic E-state index is 15.4. The van der Waals surface area contributed by atoms with Crippen molar-refractivity contribution < 1.29 is 36.9 Å². The molecule has 1 aromatic carbocycles. The predicted octanol–water partition coefficient (Wildman–Crippen LogP) is 4.84. The van der Waals surface area contributed by atoms with Gasteiger partial charge >= 0.3 is 6.18 Å². The van der Waals surface area contributed by atoms with Crippen molar-refractivity contribution in [2.24, 2.45) is 0 Å². The number of pyridine rings is 2. The summed E-state index contributed by atoms with van der Waals surface area (Å²) in [5.74, 6) is -0.173. The molecular weight excluding hydrogens is 570 g/mol. The van der Waals surface area contributed by atoms with E-state index in [1.165, 1.54) is 12.1 Å². The van der Waals surface area contributed by atoms with Crippen LogP contribution in [0.1, 0.15) is 29.3 Å². The topological polar surface area (TPSA) is 114 Å². The molecule has 1 aliphatic carbocycles. The average molecular weight is 592 g/mol. The summed E-state index contributed by atoms with van der Waals surface area (Å²) in [7, 11) is 0. The Bertz CT molecular complexity index is 1630. The molecule has 3 aliphatic rings. The number of aromatic nitrogens is 4. The van der Waals surface area contributed by atoms with Gasteiger partial charge in [0.05, 0.1) is 29.8 Å². The number of rotatable bonds is 5. The van der Waals surface area contributed by atoms with Crippen molar-refractivity contribution >= 4 is 28.6 Å². The minimum absolute atomic E-state index is 0.181.